The van der Waals surface area contributed by atoms with Gasteiger partial charge in [-0.05, 0) is 6.92 Å². The molecular weight excluding hydrogens is 277 g/mol. The number of nitrogens with zero attached hydrogens (tertiary/aromatic N) is 5. The highest BCUT2D eigenvalue weighted by molar-refractivity contribution is 5.37. The summed E-state index contributed by atoms with van der Waals surface area (Å²) in [7, 11) is 0. The zero-order valence-corrected chi connectivity index (χ0v) is 11.5. The highest BCUT2D eigenvalue weighted by Gasteiger charge is 2.56. The summed E-state index contributed by atoms with van der Waals surface area (Å²) in [5.74, 6) is 1.53. The molecule has 2 aromatic rings. The zero-order valence-electron chi connectivity index (χ0n) is 11.5. The zero-order chi connectivity index (χ0) is 14.4. The summed E-state index contributed by atoms with van der Waals surface area (Å²) in [5, 5.41) is 3.88. The molecule has 110 valence electrons. The monoisotopic (exact) mass is 291 g/mol. The van der Waals surface area contributed by atoms with Crippen LogP contribution in [-0.4, -0.2) is 46.4 Å². The summed E-state index contributed by atoms with van der Waals surface area (Å²) < 4.78 is 24.0. The Kier molecular flexibility index (Phi) is 2.68. The lowest BCUT2D eigenvalue weighted by Gasteiger charge is -2.22. The third-order valence-electron chi connectivity index (χ3n) is 4.22. The molecule has 2 saturated heterocycles. The Morgan fingerprint density at radius 1 is 1.38 bits per heavy atom. The Balaban J connectivity index is 1.67. The summed E-state index contributed by atoms with van der Waals surface area (Å²) in [5.41, 5.74) is -0.320. The highest BCUT2D eigenvalue weighted by Crippen LogP contribution is 2.43. The SMILES string of the molecule is Cc1noc([C@]23COC[C@H]2CN(c2ncc(F)cn2)C3)n1. The minimum absolute atomic E-state index is 0.242. The number of halogens is 1. The van der Waals surface area contributed by atoms with E-state index in [-0.39, 0.29) is 11.3 Å². The van der Waals surface area contributed by atoms with Crippen LogP contribution in [0.4, 0.5) is 10.3 Å². The molecule has 0 aliphatic carbocycles. The average Bonchev–Trinajstić information content (AvgIpc) is 3.12. The normalized spacial score (nSPS) is 28.1. The molecule has 0 unspecified atom stereocenters. The van der Waals surface area contributed by atoms with Gasteiger partial charge in [0.2, 0.25) is 11.8 Å². The predicted molar refractivity (Wildman–Crippen MR) is 69.2 cm³/mol. The molecule has 0 saturated carbocycles. The molecule has 2 fully saturated rings. The number of rotatable bonds is 2. The molecule has 0 bridgehead atoms. The minimum atomic E-state index is -0.441. The summed E-state index contributed by atoms with van der Waals surface area (Å²) in [6, 6.07) is 0. The van der Waals surface area contributed by atoms with E-state index in [4.69, 9.17) is 9.26 Å². The number of anilines is 1. The molecule has 21 heavy (non-hydrogen) atoms. The van der Waals surface area contributed by atoms with Gasteiger partial charge in [0.1, 0.15) is 0 Å². The van der Waals surface area contributed by atoms with Gasteiger partial charge < -0.3 is 14.2 Å². The Hall–Kier alpha value is -2.09. The lowest BCUT2D eigenvalue weighted by atomic mass is 9.81. The number of ether oxygens (including phenoxy) is 1. The summed E-state index contributed by atoms with van der Waals surface area (Å²) in [6.45, 7) is 4.33. The first-order valence-electron chi connectivity index (χ1n) is 6.78. The number of aromatic nitrogens is 4. The molecule has 2 aromatic heterocycles. The maximum Gasteiger partial charge on any atom is 0.237 e. The van der Waals surface area contributed by atoms with Gasteiger partial charge in [0.15, 0.2) is 11.6 Å². The minimum Gasteiger partial charge on any atom is -0.380 e. The van der Waals surface area contributed by atoms with Gasteiger partial charge in [-0.1, -0.05) is 5.16 Å². The molecule has 0 aromatic carbocycles. The first kappa shape index (κ1) is 12.6. The van der Waals surface area contributed by atoms with E-state index in [0.717, 1.165) is 6.54 Å². The van der Waals surface area contributed by atoms with Crippen molar-refractivity contribution in [2.24, 2.45) is 5.92 Å². The van der Waals surface area contributed by atoms with Crippen molar-refractivity contribution in [3.8, 4) is 0 Å². The van der Waals surface area contributed by atoms with Crippen molar-refractivity contribution < 1.29 is 13.7 Å². The van der Waals surface area contributed by atoms with E-state index in [1.54, 1.807) is 6.92 Å². The fraction of sp³-hybridized carbons (Fsp3) is 0.538. The van der Waals surface area contributed by atoms with Crippen LogP contribution in [0.3, 0.4) is 0 Å². The molecule has 4 heterocycles. The van der Waals surface area contributed by atoms with Crippen molar-refractivity contribution in [3.63, 3.8) is 0 Å². The molecule has 0 amide bonds. The Morgan fingerprint density at radius 3 is 2.90 bits per heavy atom. The number of fused-ring (bicyclic) bond motifs is 1. The summed E-state index contributed by atoms with van der Waals surface area (Å²) >= 11 is 0. The molecule has 0 radical (unpaired) electrons. The maximum absolute atomic E-state index is 13.0. The molecular formula is C13H14FN5O2. The van der Waals surface area contributed by atoms with Gasteiger partial charge in [-0.3, -0.25) is 0 Å². The highest BCUT2D eigenvalue weighted by atomic mass is 19.1. The van der Waals surface area contributed by atoms with Crippen LogP contribution in [0.1, 0.15) is 11.7 Å². The standard InChI is InChI=1S/C13H14FN5O2/c1-8-17-11(21-18-8)13-6-19(4-9(13)5-20-7-13)12-15-2-10(14)3-16-12/h2-3,9H,4-7H2,1H3/t9-,13-/m1/s1. The van der Waals surface area contributed by atoms with Crippen molar-refractivity contribution in [2.45, 2.75) is 12.3 Å². The molecule has 4 rings (SSSR count). The van der Waals surface area contributed by atoms with Gasteiger partial charge in [0.05, 0.1) is 31.0 Å². The van der Waals surface area contributed by atoms with Crippen LogP contribution in [0, 0.1) is 18.7 Å². The quantitative estimate of drug-likeness (QED) is 0.806. The Labute approximate surface area is 120 Å². The van der Waals surface area contributed by atoms with Crippen molar-refractivity contribution in [3.05, 3.63) is 29.9 Å². The largest absolute Gasteiger partial charge is 0.380 e. The summed E-state index contributed by atoms with van der Waals surface area (Å²) in [4.78, 5) is 14.5. The molecule has 0 spiro atoms. The average molecular weight is 291 g/mol. The van der Waals surface area contributed by atoms with Crippen molar-refractivity contribution in [2.75, 3.05) is 31.2 Å². The molecule has 2 aliphatic heterocycles. The first-order valence-corrected chi connectivity index (χ1v) is 6.78. The fourth-order valence-corrected chi connectivity index (χ4v) is 3.16. The topological polar surface area (TPSA) is 77.2 Å². The van der Waals surface area contributed by atoms with Crippen LogP contribution in [0.15, 0.2) is 16.9 Å². The van der Waals surface area contributed by atoms with E-state index in [2.05, 4.69) is 20.1 Å². The third kappa shape index (κ3) is 1.90. The number of aryl methyl sites for hydroxylation is 1. The van der Waals surface area contributed by atoms with E-state index >= 15 is 0 Å². The molecule has 8 heteroatoms. The van der Waals surface area contributed by atoms with E-state index in [1.807, 2.05) is 4.90 Å². The van der Waals surface area contributed by atoms with E-state index in [1.165, 1.54) is 12.4 Å². The van der Waals surface area contributed by atoms with E-state index in [0.29, 0.717) is 37.4 Å². The Bertz CT molecular complexity index is 661. The second kappa shape index (κ2) is 4.45. The number of hydrogen-bond donors (Lipinski definition) is 0. The molecule has 0 N–H and O–H groups in total. The lowest BCUT2D eigenvalue weighted by Crippen LogP contribution is -2.36. The van der Waals surface area contributed by atoms with Gasteiger partial charge in [-0.15, -0.1) is 0 Å². The smallest absolute Gasteiger partial charge is 0.237 e. The predicted octanol–water partition coefficient (Wildman–Crippen LogP) is 0.712. The van der Waals surface area contributed by atoms with Crippen LogP contribution in [-0.2, 0) is 10.2 Å². The second-order valence-electron chi connectivity index (χ2n) is 5.60. The van der Waals surface area contributed by atoms with Crippen LogP contribution in [0.5, 0.6) is 0 Å². The van der Waals surface area contributed by atoms with Crippen LogP contribution in [0.25, 0.3) is 0 Å². The maximum atomic E-state index is 13.0. The van der Waals surface area contributed by atoms with Gasteiger partial charge in [-0.25, -0.2) is 14.4 Å². The lowest BCUT2D eigenvalue weighted by molar-refractivity contribution is 0.164. The molecule has 2 atom stereocenters. The van der Waals surface area contributed by atoms with E-state index in [9.17, 15) is 4.39 Å². The van der Waals surface area contributed by atoms with Crippen LogP contribution >= 0.6 is 0 Å². The van der Waals surface area contributed by atoms with Crippen LogP contribution in [0.2, 0.25) is 0 Å². The van der Waals surface area contributed by atoms with E-state index < -0.39 is 5.82 Å². The Morgan fingerprint density at radius 2 is 2.19 bits per heavy atom. The third-order valence-corrected chi connectivity index (χ3v) is 4.22. The summed E-state index contributed by atoms with van der Waals surface area (Å²) in [6.07, 6.45) is 2.35. The molecule has 7 nitrogen and oxygen atoms in total. The van der Waals surface area contributed by atoms with Crippen molar-refractivity contribution in [1.29, 1.82) is 0 Å². The van der Waals surface area contributed by atoms with Gasteiger partial charge in [-0.2, -0.15) is 4.98 Å². The fourth-order valence-electron chi connectivity index (χ4n) is 3.16. The van der Waals surface area contributed by atoms with Gasteiger partial charge in [0.25, 0.3) is 0 Å². The first-order chi connectivity index (χ1) is 10.2. The van der Waals surface area contributed by atoms with Gasteiger partial charge in [0, 0.05) is 19.0 Å². The van der Waals surface area contributed by atoms with Crippen molar-refractivity contribution in [1.82, 2.24) is 20.1 Å². The van der Waals surface area contributed by atoms with Gasteiger partial charge >= 0.3 is 0 Å². The second-order valence-corrected chi connectivity index (χ2v) is 5.60. The molecule has 2 aliphatic rings. The van der Waals surface area contributed by atoms with Crippen molar-refractivity contribution >= 4 is 5.95 Å². The number of hydrogen-bond acceptors (Lipinski definition) is 7. The van der Waals surface area contributed by atoms with Crippen LogP contribution < -0.4 is 4.90 Å².